The Kier molecular flexibility index (Phi) is 2.59. The molecule has 2 aliphatic heterocycles. The fourth-order valence-electron chi connectivity index (χ4n) is 3.57. The van der Waals surface area contributed by atoms with E-state index < -0.39 is 0 Å². The van der Waals surface area contributed by atoms with Crippen LogP contribution in [0.15, 0.2) is 30.5 Å². The lowest BCUT2D eigenvalue weighted by molar-refractivity contribution is 0.706. The summed E-state index contributed by atoms with van der Waals surface area (Å²) >= 11 is 6.01. The Hall–Kier alpha value is -2.40. The molecule has 0 aliphatic carbocycles. The summed E-state index contributed by atoms with van der Waals surface area (Å²) in [7, 11) is 0. The number of benzene rings is 1. The summed E-state index contributed by atoms with van der Waals surface area (Å²) < 4.78 is 0. The van der Waals surface area contributed by atoms with Gasteiger partial charge in [0.2, 0.25) is 0 Å². The molecule has 0 fully saturated rings. The van der Waals surface area contributed by atoms with Gasteiger partial charge in [-0.05, 0) is 30.5 Å². The number of hydrazine groups is 1. The highest BCUT2D eigenvalue weighted by Crippen LogP contribution is 2.40. The average Bonchev–Trinajstić information content (AvgIpc) is 2.95. The number of halogens is 1. The lowest BCUT2D eigenvalue weighted by Crippen LogP contribution is -2.43. The second-order valence-corrected chi connectivity index (χ2v) is 6.35. The van der Waals surface area contributed by atoms with Gasteiger partial charge in [0.25, 0.3) is 0 Å². The summed E-state index contributed by atoms with van der Waals surface area (Å²) in [5, 5.41) is 4.98. The first-order valence-electron chi connectivity index (χ1n) is 7.67. The molecule has 0 radical (unpaired) electrons. The van der Waals surface area contributed by atoms with E-state index in [4.69, 9.17) is 16.6 Å². The van der Waals surface area contributed by atoms with Crippen LogP contribution in [-0.4, -0.2) is 21.5 Å². The van der Waals surface area contributed by atoms with E-state index in [-0.39, 0.29) is 0 Å². The van der Waals surface area contributed by atoms with Gasteiger partial charge in [-0.3, -0.25) is 10.0 Å². The topological polar surface area (TPSA) is 45.2 Å². The molecule has 0 saturated heterocycles. The Morgan fingerprint density at radius 3 is 2.91 bits per heavy atom. The molecule has 5 nitrogen and oxygen atoms in total. The molecule has 3 aromatic rings. The molecule has 0 atom stereocenters. The van der Waals surface area contributed by atoms with Crippen LogP contribution in [0.5, 0.6) is 0 Å². The van der Waals surface area contributed by atoms with Crippen LogP contribution in [0.4, 0.5) is 11.5 Å². The summed E-state index contributed by atoms with van der Waals surface area (Å²) in [4.78, 5) is 13.5. The minimum Gasteiger partial charge on any atom is -0.279 e. The summed E-state index contributed by atoms with van der Waals surface area (Å²) in [5.74, 6) is 1.00. The number of hydrogen-bond donors (Lipinski definition) is 0. The Morgan fingerprint density at radius 2 is 2.00 bits per heavy atom. The van der Waals surface area contributed by atoms with Crippen molar-refractivity contribution in [3.8, 4) is 0 Å². The molecule has 114 valence electrons. The molecule has 0 N–H and O–H groups in total. The molecule has 5 rings (SSSR count). The Balaban J connectivity index is 1.72. The van der Waals surface area contributed by atoms with E-state index in [1.807, 2.05) is 0 Å². The quantitative estimate of drug-likeness (QED) is 0.635. The third kappa shape index (κ3) is 1.77. The first-order valence-corrected chi connectivity index (χ1v) is 8.05. The standard InChI is InChI=1S/C17H14ClN5/c1-10-12-9-23-13-5-3-2-4-11(13)6-7-22(23)17(12)21-16-15(10)20-14(18)8-19-16/h2-5,8H,6-7,9H2,1H3. The minimum absolute atomic E-state index is 0.406. The summed E-state index contributed by atoms with van der Waals surface area (Å²) in [6.07, 6.45) is 2.58. The molecular formula is C17H14ClN5. The monoisotopic (exact) mass is 323 g/mol. The first-order chi connectivity index (χ1) is 11.2. The van der Waals surface area contributed by atoms with E-state index in [1.165, 1.54) is 16.8 Å². The molecule has 0 saturated carbocycles. The van der Waals surface area contributed by atoms with Crippen molar-refractivity contribution in [2.24, 2.45) is 0 Å². The van der Waals surface area contributed by atoms with E-state index in [9.17, 15) is 0 Å². The zero-order valence-electron chi connectivity index (χ0n) is 12.6. The molecule has 4 heterocycles. The van der Waals surface area contributed by atoms with Crippen molar-refractivity contribution < 1.29 is 0 Å². The van der Waals surface area contributed by atoms with Crippen LogP contribution < -0.4 is 10.0 Å². The van der Waals surface area contributed by atoms with E-state index in [0.717, 1.165) is 36.4 Å². The fraction of sp³-hybridized carbons (Fsp3) is 0.235. The van der Waals surface area contributed by atoms with Crippen molar-refractivity contribution >= 4 is 34.3 Å². The zero-order valence-corrected chi connectivity index (χ0v) is 13.4. The number of rotatable bonds is 0. The molecule has 0 spiro atoms. The molecule has 1 aromatic carbocycles. The maximum Gasteiger partial charge on any atom is 0.180 e. The normalized spacial score (nSPS) is 15.6. The number of hydrogen-bond acceptors (Lipinski definition) is 5. The highest BCUT2D eigenvalue weighted by molar-refractivity contribution is 6.29. The minimum atomic E-state index is 0.406. The molecule has 23 heavy (non-hydrogen) atoms. The first kappa shape index (κ1) is 13.1. The fourth-order valence-corrected chi connectivity index (χ4v) is 3.70. The molecule has 6 heteroatoms. The van der Waals surface area contributed by atoms with Crippen molar-refractivity contribution in [2.45, 2.75) is 19.9 Å². The van der Waals surface area contributed by atoms with E-state index in [0.29, 0.717) is 10.8 Å². The molecule has 0 unspecified atom stereocenters. The van der Waals surface area contributed by atoms with Crippen LogP contribution in [0.25, 0.3) is 11.2 Å². The van der Waals surface area contributed by atoms with Crippen LogP contribution in [0, 0.1) is 6.92 Å². The summed E-state index contributed by atoms with van der Waals surface area (Å²) in [5.41, 5.74) is 6.44. The number of pyridine rings is 1. The lowest BCUT2D eigenvalue weighted by Gasteiger charge is -2.36. The van der Waals surface area contributed by atoms with Crippen LogP contribution in [-0.2, 0) is 13.0 Å². The molecule has 2 aromatic heterocycles. The molecule has 2 aliphatic rings. The van der Waals surface area contributed by atoms with Crippen LogP contribution in [0.2, 0.25) is 5.15 Å². The molecule has 0 amide bonds. The SMILES string of the molecule is Cc1c2c(nc3ncc(Cl)nc13)N1CCc3ccccc3N1C2. The second kappa shape index (κ2) is 4.55. The van der Waals surface area contributed by atoms with Gasteiger partial charge in [-0.25, -0.2) is 15.0 Å². The van der Waals surface area contributed by atoms with Crippen LogP contribution in [0.1, 0.15) is 16.7 Å². The van der Waals surface area contributed by atoms with E-state index in [1.54, 1.807) is 6.20 Å². The number of fused-ring (bicyclic) bond motifs is 6. The molecule has 0 bridgehead atoms. The van der Waals surface area contributed by atoms with Crippen molar-refractivity contribution in [3.05, 3.63) is 52.3 Å². The number of aryl methyl sites for hydroxylation is 1. The third-order valence-corrected chi connectivity index (χ3v) is 4.90. The summed E-state index contributed by atoms with van der Waals surface area (Å²) in [6, 6.07) is 8.57. The highest BCUT2D eigenvalue weighted by Gasteiger charge is 2.35. The Morgan fingerprint density at radius 1 is 1.13 bits per heavy atom. The number of aromatic nitrogens is 3. The molecular weight excluding hydrogens is 310 g/mol. The smallest absolute Gasteiger partial charge is 0.180 e. The zero-order chi connectivity index (χ0) is 15.6. The predicted molar refractivity (Wildman–Crippen MR) is 90.8 cm³/mol. The van der Waals surface area contributed by atoms with Gasteiger partial charge in [0.1, 0.15) is 10.7 Å². The van der Waals surface area contributed by atoms with Gasteiger partial charge in [0.15, 0.2) is 11.5 Å². The Bertz CT molecular complexity index is 955. The highest BCUT2D eigenvalue weighted by atomic mass is 35.5. The average molecular weight is 324 g/mol. The third-order valence-electron chi connectivity index (χ3n) is 4.72. The van der Waals surface area contributed by atoms with Crippen molar-refractivity contribution in [3.63, 3.8) is 0 Å². The van der Waals surface area contributed by atoms with Crippen LogP contribution in [0.3, 0.4) is 0 Å². The second-order valence-electron chi connectivity index (χ2n) is 5.96. The summed E-state index contributed by atoms with van der Waals surface area (Å²) in [6.45, 7) is 3.83. The number of anilines is 2. The maximum atomic E-state index is 6.01. The van der Waals surface area contributed by atoms with Gasteiger partial charge < -0.3 is 0 Å². The number of para-hydroxylation sites is 1. The van der Waals surface area contributed by atoms with Gasteiger partial charge in [-0.15, -0.1) is 0 Å². The lowest BCUT2D eigenvalue weighted by atomic mass is 10.1. The largest absolute Gasteiger partial charge is 0.279 e. The predicted octanol–water partition coefficient (Wildman–Crippen LogP) is 3.28. The van der Waals surface area contributed by atoms with E-state index in [2.05, 4.69) is 51.2 Å². The van der Waals surface area contributed by atoms with Gasteiger partial charge in [0.05, 0.1) is 18.4 Å². The van der Waals surface area contributed by atoms with Gasteiger partial charge >= 0.3 is 0 Å². The van der Waals surface area contributed by atoms with Gasteiger partial charge in [-0.2, -0.15) is 0 Å². The van der Waals surface area contributed by atoms with Gasteiger partial charge in [0, 0.05) is 12.1 Å². The maximum absolute atomic E-state index is 6.01. The Labute approximate surface area is 138 Å². The van der Waals surface area contributed by atoms with Crippen molar-refractivity contribution in [1.82, 2.24) is 15.0 Å². The van der Waals surface area contributed by atoms with E-state index >= 15 is 0 Å². The van der Waals surface area contributed by atoms with Gasteiger partial charge in [-0.1, -0.05) is 29.8 Å². The van der Waals surface area contributed by atoms with Crippen molar-refractivity contribution in [1.29, 1.82) is 0 Å². The number of nitrogens with zero attached hydrogens (tertiary/aromatic N) is 5. The van der Waals surface area contributed by atoms with Crippen molar-refractivity contribution in [2.75, 3.05) is 16.6 Å². The van der Waals surface area contributed by atoms with Crippen LogP contribution >= 0.6 is 11.6 Å².